The molecule has 1 aliphatic rings. The van der Waals surface area contributed by atoms with Crippen molar-refractivity contribution in [2.75, 3.05) is 14.2 Å². The molecule has 2 heterocycles. The van der Waals surface area contributed by atoms with Gasteiger partial charge in [0.1, 0.15) is 0 Å². The van der Waals surface area contributed by atoms with Gasteiger partial charge in [0.25, 0.3) is 5.91 Å². The molecule has 11 heteroatoms. The van der Waals surface area contributed by atoms with Gasteiger partial charge in [-0.25, -0.2) is 9.78 Å². The van der Waals surface area contributed by atoms with Crippen LogP contribution in [-0.2, 0) is 14.4 Å². The first-order valence-electron chi connectivity index (χ1n) is 10.1. The Morgan fingerprint density at radius 1 is 1.24 bits per heavy atom. The summed E-state index contributed by atoms with van der Waals surface area (Å²) >= 11 is 0. The fourth-order valence-corrected chi connectivity index (χ4v) is 3.45. The SMILES string of the molecule is COc1ccc(-c2cccc([C@H](CC(=O)O)NC(=O)NC3C(=O)C(C)=CN(C)C3=O)c2)cn1.[H-].[Na+]. The summed E-state index contributed by atoms with van der Waals surface area (Å²) in [5.74, 6) is -1.76. The maximum Gasteiger partial charge on any atom is 1.00 e. The zero-order valence-corrected chi connectivity index (χ0v) is 21.4. The first-order valence-corrected chi connectivity index (χ1v) is 10.1. The van der Waals surface area contributed by atoms with Crippen LogP contribution in [-0.4, -0.2) is 58.9 Å². The van der Waals surface area contributed by atoms with Crippen molar-refractivity contribution in [3.8, 4) is 17.0 Å². The van der Waals surface area contributed by atoms with Crippen LogP contribution < -0.4 is 44.9 Å². The number of carbonyl (C=O) groups excluding carboxylic acids is 3. The zero-order chi connectivity index (χ0) is 24.1. The van der Waals surface area contributed by atoms with Crippen LogP contribution in [0.5, 0.6) is 5.88 Å². The number of amides is 3. The molecule has 1 aliphatic heterocycles. The van der Waals surface area contributed by atoms with Crippen LogP contribution in [0.2, 0.25) is 0 Å². The number of ether oxygens (including phenoxy) is 1. The Labute approximate surface area is 220 Å². The molecule has 0 radical (unpaired) electrons. The van der Waals surface area contributed by atoms with E-state index in [2.05, 4.69) is 15.6 Å². The number of hydrogen-bond donors (Lipinski definition) is 3. The molecule has 0 spiro atoms. The molecule has 174 valence electrons. The molecular formula is C23H25N4NaO6. The van der Waals surface area contributed by atoms with Crippen LogP contribution in [0.25, 0.3) is 11.1 Å². The Bertz CT molecular complexity index is 1130. The van der Waals surface area contributed by atoms with Crippen LogP contribution in [0.4, 0.5) is 4.79 Å². The molecule has 3 rings (SSSR count). The minimum Gasteiger partial charge on any atom is -1.00 e. The number of urea groups is 1. The number of nitrogens with one attached hydrogen (secondary N) is 2. The summed E-state index contributed by atoms with van der Waals surface area (Å²) in [4.78, 5) is 54.1. The normalized spacial score (nSPS) is 16.1. The minimum absolute atomic E-state index is 0. The van der Waals surface area contributed by atoms with Crippen molar-refractivity contribution in [2.45, 2.75) is 25.4 Å². The molecular weight excluding hydrogens is 451 g/mol. The van der Waals surface area contributed by atoms with Gasteiger partial charge < -0.3 is 26.8 Å². The van der Waals surface area contributed by atoms with Gasteiger partial charge in [0.2, 0.25) is 5.88 Å². The van der Waals surface area contributed by atoms with E-state index in [0.29, 0.717) is 17.0 Å². The summed E-state index contributed by atoms with van der Waals surface area (Å²) in [6.07, 6.45) is 2.62. The van der Waals surface area contributed by atoms with Gasteiger partial charge in [-0.15, -0.1) is 0 Å². The van der Waals surface area contributed by atoms with E-state index >= 15 is 0 Å². The molecule has 0 aliphatic carbocycles. The number of methoxy groups -OCH3 is 1. The molecule has 0 bridgehead atoms. The Balaban J connectivity index is 0.00000306. The van der Waals surface area contributed by atoms with Crippen LogP contribution in [0.3, 0.4) is 0 Å². The Morgan fingerprint density at radius 3 is 2.59 bits per heavy atom. The maximum absolute atomic E-state index is 12.6. The van der Waals surface area contributed by atoms with Gasteiger partial charge in [-0.1, -0.05) is 18.2 Å². The van der Waals surface area contributed by atoms with Gasteiger partial charge in [-0.3, -0.25) is 14.4 Å². The van der Waals surface area contributed by atoms with E-state index < -0.39 is 42.2 Å². The third kappa shape index (κ3) is 6.43. The van der Waals surface area contributed by atoms with Crippen molar-refractivity contribution in [3.05, 3.63) is 59.9 Å². The van der Waals surface area contributed by atoms with Crippen LogP contribution in [0, 0.1) is 0 Å². The summed E-state index contributed by atoms with van der Waals surface area (Å²) in [5.41, 5.74) is 2.40. The number of carbonyl (C=O) groups is 4. The second-order valence-electron chi connectivity index (χ2n) is 7.54. The monoisotopic (exact) mass is 476 g/mol. The third-order valence-electron chi connectivity index (χ3n) is 5.16. The molecule has 1 aromatic carbocycles. The first-order chi connectivity index (χ1) is 15.7. The average molecular weight is 476 g/mol. The molecule has 0 fully saturated rings. The van der Waals surface area contributed by atoms with E-state index in [1.807, 2.05) is 12.1 Å². The van der Waals surface area contributed by atoms with Gasteiger partial charge in [0.05, 0.1) is 19.6 Å². The zero-order valence-electron chi connectivity index (χ0n) is 20.4. The molecule has 3 amide bonds. The predicted octanol–water partition coefficient (Wildman–Crippen LogP) is -0.998. The van der Waals surface area contributed by atoms with Gasteiger partial charge in [0, 0.05) is 36.6 Å². The second kappa shape index (κ2) is 11.8. The largest absolute Gasteiger partial charge is 1.00 e. The fraction of sp³-hybridized carbons (Fsp3) is 0.261. The second-order valence-corrected chi connectivity index (χ2v) is 7.54. The van der Waals surface area contributed by atoms with Crippen LogP contribution in [0.15, 0.2) is 54.4 Å². The fourth-order valence-electron chi connectivity index (χ4n) is 3.45. The smallest absolute Gasteiger partial charge is 1.00 e. The molecule has 0 saturated carbocycles. The van der Waals surface area contributed by atoms with Gasteiger partial charge in [-0.2, -0.15) is 0 Å². The molecule has 34 heavy (non-hydrogen) atoms. The number of aliphatic carboxylic acids is 1. The quantitative estimate of drug-likeness (QED) is 0.344. The summed E-state index contributed by atoms with van der Waals surface area (Å²) in [6.45, 7) is 1.55. The Morgan fingerprint density at radius 2 is 1.97 bits per heavy atom. The Kier molecular flexibility index (Phi) is 9.36. The van der Waals surface area contributed by atoms with Gasteiger partial charge in [0.15, 0.2) is 11.8 Å². The number of nitrogens with zero attached hydrogens (tertiary/aromatic N) is 2. The molecule has 1 aromatic heterocycles. The average Bonchev–Trinajstić information content (AvgIpc) is 2.80. The minimum atomic E-state index is -1.37. The third-order valence-corrected chi connectivity index (χ3v) is 5.16. The topological polar surface area (TPSA) is 138 Å². The predicted molar refractivity (Wildman–Crippen MR) is 119 cm³/mol. The van der Waals surface area contributed by atoms with Crippen molar-refractivity contribution in [1.82, 2.24) is 20.5 Å². The summed E-state index contributed by atoms with van der Waals surface area (Å²) in [6, 6.07) is 7.40. The number of hydrogen-bond acceptors (Lipinski definition) is 6. The Hall–Kier alpha value is -3.21. The van der Waals surface area contributed by atoms with Crippen molar-refractivity contribution < 1.29 is 60.0 Å². The first kappa shape index (κ1) is 27.0. The molecule has 0 saturated heterocycles. The molecule has 10 nitrogen and oxygen atoms in total. The van der Waals surface area contributed by atoms with Crippen molar-refractivity contribution in [2.24, 2.45) is 0 Å². The number of aromatic nitrogens is 1. The number of carboxylic acid groups (broad SMARTS) is 1. The number of rotatable bonds is 7. The standard InChI is InChI=1S/C23H24N4O6.Na.H/c1-13-12-27(2)22(31)20(21(13)30)26-23(32)25-17(10-19(28)29)15-6-4-5-14(9-15)16-7-8-18(33-3)24-11-16;;/h4-9,11-12,17,20H,10H2,1-3H3,(H,28,29)(H2,25,26,32);;/q;+1;-1/t17-,20?;;/m0../s1. The van der Waals surface area contributed by atoms with Gasteiger partial charge >= 0.3 is 41.6 Å². The number of pyridine rings is 1. The maximum atomic E-state index is 12.6. The molecule has 2 atom stereocenters. The van der Waals surface area contributed by atoms with E-state index in [1.54, 1.807) is 37.4 Å². The summed E-state index contributed by atoms with van der Waals surface area (Å²) < 4.78 is 5.06. The van der Waals surface area contributed by atoms with Crippen LogP contribution in [0.1, 0.15) is 26.4 Å². The van der Waals surface area contributed by atoms with Crippen molar-refractivity contribution >= 4 is 23.7 Å². The molecule has 3 N–H and O–H groups in total. The molecule has 1 unspecified atom stereocenters. The number of carboxylic acids is 1. The van der Waals surface area contributed by atoms with Crippen molar-refractivity contribution in [3.63, 3.8) is 0 Å². The summed E-state index contributed by atoms with van der Waals surface area (Å²) in [7, 11) is 3.00. The summed E-state index contributed by atoms with van der Waals surface area (Å²) in [5, 5.41) is 14.3. The van der Waals surface area contributed by atoms with E-state index in [0.717, 1.165) is 11.1 Å². The van der Waals surface area contributed by atoms with E-state index in [9.17, 15) is 24.3 Å². The van der Waals surface area contributed by atoms with Crippen LogP contribution >= 0.6 is 0 Å². The number of benzene rings is 1. The number of likely N-dealkylation sites (N-methyl/N-ethyl adjacent to an activating group) is 1. The van der Waals surface area contributed by atoms with E-state index in [-0.39, 0.29) is 31.0 Å². The van der Waals surface area contributed by atoms with Crippen molar-refractivity contribution in [1.29, 1.82) is 0 Å². The number of Topliss-reactive ketones (excluding diaryl/α,β-unsaturated/α-hetero) is 1. The molecule has 2 aromatic rings. The van der Waals surface area contributed by atoms with E-state index in [4.69, 9.17) is 4.74 Å². The van der Waals surface area contributed by atoms with Gasteiger partial charge in [-0.05, 0) is 30.2 Å². The van der Waals surface area contributed by atoms with E-state index in [1.165, 1.54) is 25.3 Å². The number of ketones is 1.